The summed E-state index contributed by atoms with van der Waals surface area (Å²) in [5.74, 6) is 6.54. The molecule has 0 spiro atoms. The van der Waals surface area contributed by atoms with Crippen molar-refractivity contribution in [2.24, 2.45) is 35.5 Å². The van der Waals surface area contributed by atoms with E-state index in [0.717, 1.165) is 35.5 Å². The first kappa shape index (κ1) is 14.0. The van der Waals surface area contributed by atoms with Crippen molar-refractivity contribution in [3.05, 3.63) is 0 Å². The second kappa shape index (κ2) is 6.19. The Morgan fingerprint density at radius 2 is 1.53 bits per heavy atom. The zero-order valence-corrected chi connectivity index (χ0v) is 13.2. The molecule has 110 valence electrons. The average Bonchev–Trinajstić information content (AvgIpc) is 2.93. The van der Waals surface area contributed by atoms with Gasteiger partial charge in [-0.15, -0.1) is 0 Å². The Hall–Kier alpha value is 0. The van der Waals surface area contributed by atoms with Crippen molar-refractivity contribution in [2.45, 2.75) is 84.5 Å². The lowest BCUT2D eigenvalue weighted by Gasteiger charge is -2.44. The lowest BCUT2D eigenvalue weighted by molar-refractivity contribution is 0.0622. The van der Waals surface area contributed by atoms with Crippen LogP contribution >= 0.6 is 0 Å². The van der Waals surface area contributed by atoms with E-state index in [4.69, 9.17) is 0 Å². The van der Waals surface area contributed by atoms with Gasteiger partial charge in [0.2, 0.25) is 0 Å². The maximum atomic E-state index is 2.53. The van der Waals surface area contributed by atoms with Gasteiger partial charge in [0.05, 0.1) is 0 Å². The molecular weight excluding hydrogens is 228 g/mol. The van der Waals surface area contributed by atoms with Crippen LogP contribution in [0.25, 0.3) is 0 Å². The molecule has 6 unspecified atom stereocenters. The molecule has 0 amide bonds. The summed E-state index contributed by atoms with van der Waals surface area (Å²) in [7, 11) is 0. The SMILES string of the molecule is CCC(C)C1CCCCC1C1CCC2CCCC2C1. The van der Waals surface area contributed by atoms with Gasteiger partial charge in [-0.2, -0.15) is 0 Å². The van der Waals surface area contributed by atoms with Crippen LogP contribution in [0.2, 0.25) is 0 Å². The average molecular weight is 262 g/mol. The number of fused-ring (bicyclic) bond motifs is 1. The molecule has 0 aliphatic heterocycles. The van der Waals surface area contributed by atoms with Crippen LogP contribution in [0.15, 0.2) is 0 Å². The lowest BCUT2D eigenvalue weighted by Crippen LogP contribution is -2.34. The van der Waals surface area contributed by atoms with E-state index in [-0.39, 0.29) is 0 Å². The van der Waals surface area contributed by atoms with Gasteiger partial charge in [-0.3, -0.25) is 0 Å². The largest absolute Gasteiger partial charge is 0.0651 e. The standard InChI is InChI=1S/C19H34/c1-3-14(2)18-9-4-5-10-19(18)17-12-11-15-7-6-8-16(15)13-17/h14-19H,3-13H2,1-2H3. The Labute approximate surface area is 120 Å². The Kier molecular flexibility index (Phi) is 4.54. The zero-order valence-electron chi connectivity index (χ0n) is 13.2. The van der Waals surface area contributed by atoms with Gasteiger partial charge in [-0.1, -0.05) is 52.4 Å². The molecule has 0 aromatic carbocycles. The van der Waals surface area contributed by atoms with Crippen molar-refractivity contribution in [1.29, 1.82) is 0 Å². The van der Waals surface area contributed by atoms with Crippen LogP contribution in [-0.4, -0.2) is 0 Å². The molecule has 0 heteroatoms. The number of hydrogen-bond acceptors (Lipinski definition) is 0. The Morgan fingerprint density at radius 3 is 2.37 bits per heavy atom. The molecule has 3 aliphatic rings. The first-order valence-corrected chi connectivity index (χ1v) is 9.29. The molecule has 3 rings (SSSR count). The Morgan fingerprint density at radius 1 is 0.789 bits per heavy atom. The molecule has 0 nitrogen and oxygen atoms in total. The highest BCUT2D eigenvalue weighted by Crippen LogP contribution is 2.51. The van der Waals surface area contributed by atoms with Crippen LogP contribution in [0.3, 0.4) is 0 Å². The van der Waals surface area contributed by atoms with E-state index in [1.165, 1.54) is 19.3 Å². The Balaban J connectivity index is 1.65. The summed E-state index contributed by atoms with van der Waals surface area (Å²) in [5.41, 5.74) is 0. The van der Waals surface area contributed by atoms with Crippen LogP contribution in [0.1, 0.15) is 84.5 Å². The van der Waals surface area contributed by atoms with Gasteiger partial charge in [0.15, 0.2) is 0 Å². The number of rotatable bonds is 3. The van der Waals surface area contributed by atoms with Crippen LogP contribution in [0.4, 0.5) is 0 Å². The molecule has 3 aliphatic carbocycles. The summed E-state index contributed by atoms with van der Waals surface area (Å²) < 4.78 is 0. The summed E-state index contributed by atoms with van der Waals surface area (Å²) in [6, 6.07) is 0. The minimum atomic E-state index is 0.978. The summed E-state index contributed by atoms with van der Waals surface area (Å²) in [6.07, 6.45) is 17.0. The van der Waals surface area contributed by atoms with E-state index in [1.54, 1.807) is 51.4 Å². The summed E-state index contributed by atoms with van der Waals surface area (Å²) in [6.45, 7) is 4.94. The topological polar surface area (TPSA) is 0 Å². The lowest BCUT2D eigenvalue weighted by atomic mass is 9.61. The van der Waals surface area contributed by atoms with Crippen molar-refractivity contribution in [3.8, 4) is 0 Å². The molecule has 3 fully saturated rings. The quantitative estimate of drug-likeness (QED) is 0.580. The minimum absolute atomic E-state index is 0.978. The van der Waals surface area contributed by atoms with E-state index >= 15 is 0 Å². The van der Waals surface area contributed by atoms with Crippen molar-refractivity contribution >= 4 is 0 Å². The molecule has 0 aromatic rings. The summed E-state index contributed by atoms with van der Waals surface area (Å²) in [4.78, 5) is 0. The van der Waals surface area contributed by atoms with Crippen molar-refractivity contribution < 1.29 is 0 Å². The molecule has 0 bridgehead atoms. The van der Waals surface area contributed by atoms with Gasteiger partial charge in [-0.25, -0.2) is 0 Å². The highest BCUT2D eigenvalue weighted by Gasteiger charge is 2.40. The first-order valence-electron chi connectivity index (χ1n) is 9.29. The molecular formula is C19H34. The third-order valence-electron chi connectivity index (χ3n) is 7.19. The maximum absolute atomic E-state index is 2.53. The van der Waals surface area contributed by atoms with Gasteiger partial charge >= 0.3 is 0 Å². The third-order valence-corrected chi connectivity index (χ3v) is 7.19. The van der Waals surface area contributed by atoms with Crippen molar-refractivity contribution in [1.82, 2.24) is 0 Å². The van der Waals surface area contributed by atoms with E-state index in [1.807, 2.05) is 0 Å². The smallest absolute Gasteiger partial charge is 0.0355 e. The summed E-state index contributed by atoms with van der Waals surface area (Å²) in [5, 5.41) is 0. The summed E-state index contributed by atoms with van der Waals surface area (Å²) >= 11 is 0. The predicted molar refractivity (Wildman–Crippen MR) is 83.1 cm³/mol. The second-order valence-corrected chi connectivity index (χ2v) is 8.02. The highest BCUT2D eigenvalue weighted by molar-refractivity contribution is 4.91. The zero-order chi connectivity index (χ0) is 13.2. The monoisotopic (exact) mass is 262 g/mol. The Bertz CT molecular complexity index is 282. The predicted octanol–water partition coefficient (Wildman–Crippen LogP) is 6.06. The fourth-order valence-electron chi connectivity index (χ4n) is 5.91. The van der Waals surface area contributed by atoms with Gasteiger partial charge in [-0.05, 0) is 67.6 Å². The molecule has 3 saturated carbocycles. The molecule has 6 atom stereocenters. The molecule has 0 heterocycles. The van der Waals surface area contributed by atoms with E-state index < -0.39 is 0 Å². The minimum Gasteiger partial charge on any atom is -0.0651 e. The second-order valence-electron chi connectivity index (χ2n) is 8.02. The normalized spacial score (nSPS) is 44.8. The van der Waals surface area contributed by atoms with E-state index in [0.29, 0.717) is 0 Å². The third kappa shape index (κ3) is 2.88. The molecule has 0 aromatic heterocycles. The van der Waals surface area contributed by atoms with Crippen LogP contribution in [0.5, 0.6) is 0 Å². The maximum Gasteiger partial charge on any atom is -0.0355 e. The molecule has 0 N–H and O–H groups in total. The fourth-order valence-corrected chi connectivity index (χ4v) is 5.91. The first-order chi connectivity index (χ1) is 9.29. The van der Waals surface area contributed by atoms with Gasteiger partial charge in [0, 0.05) is 0 Å². The highest BCUT2D eigenvalue weighted by atomic mass is 14.5. The fraction of sp³-hybridized carbons (Fsp3) is 1.00. The van der Waals surface area contributed by atoms with Crippen molar-refractivity contribution in [2.75, 3.05) is 0 Å². The van der Waals surface area contributed by atoms with E-state index in [2.05, 4.69) is 13.8 Å². The van der Waals surface area contributed by atoms with Crippen LogP contribution in [0, 0.1) is 35.5 Å². The van der Waals surface area contributed by atoms with Gasteiger partial charge in [0.25, 0.3) is 0 Å². The van der Waals surface area contributed by atoms with Gasteiger partial charge in [0.1, 0.15) is 0 Å². The molecule has 19 heavy (non-hydrogen) atoms. The van der Waals surface area contributed by atoms with Crippen LogP contribution in [-0.2, 0) is 0 Å². The van der Waals surface area contributed by atoms with Gasteiger partial charge < -0.3 is 0 Å². The van der Waals surface area contributed by atoms with E-state index in [9.17, 15) is 0 Å². The number of hydrogen-bond donors (Lipinski definition) is 0. The van der Waals surface area contributed by atoms with Crippen molar-refractivity contribution in [3.63, 3.8) is 0 Å². The molecule has 0 saturated heterocycles. The molecule has 0 radical (unpaired) electrons. The van der Waals surface area contributed by atoms with Crippen LogP contribution < -0.4 is 0 Å².